The molecule has 1 N–H and O–H groups in total. The molecule has 0 saturated carbocycles. The van der Waals surface area contributed by atoms with Gasteiger partial charge >= 0.3 is 5.97 Å². The molecule has 1 aliphatic heterocycles. The van der Waals surface area contributed by atoms with E-state index in [1.54, 1.807) is 17.5 Å². The lowest BCUT2D eigenvalue weighted by Crippen LogP contribution is -2.45. The Hall–Kier alpha value is -1.83. The summed E-state index contributed by atoms with van der Waals surface area (Å²) in [6, 6.07) is 5.73. The minimum atomic E-state index is -0.910. The van der Waals surface area contributed by atoms with Gasteiger partial charge in [0.25, 0.3) is 0 Å². The molecule has 3 rings (SSSR count). The van der Waals surface area contributed by atoms with Crippen LogP contribution < -0.4 is 0 Å². The van der Waals surface area contributed by atoms with Gasteiger partial charge in [-0.3, -0.25) is 9.88 Å². The minimum Gasteiger partial charge on any atom is -0.479 e. The smallest absolute Gasteiger partial charge is 0.334 e. The first-order chi connectivity index (χ1) is 10.2. The van der Waals surface area contributed by atoms with Crippen molar-refractivity contribution in [2.24, 2.45) is 0 Å². The third kappa shape index (κ3) is 3.44. The van der Waals surface area contributed by atoms with Crippen molar-refractivity contribution in [2.75, 3.05) is 19.7 Å². The molecule has 3 heterocycles. The number of ether oxygens (including phenoxy) is 1. The van der Waals surface area contributed by atoms with E-state index >= 15 is 0 Å². The maximum atomic E-state index is 11.0. The van der Waals surface area contributed by atoms with Crippen LogP contribution in [0.2, 0.25) is 0 Å². The second-order valence-corrected chi connectivity index (χ2v) is 5.65. The lowest BCUT2D eigenvalue weighted by atomic mass is 10.2. The van der Waals surface area contributed by atoms with E-state index in [9.17, 15) is 4.79 Å². The summed E-state index contributed by atoms with van der Waals surface area (Å²) in [7, 11) is 0. The zero-order valence-electron chi connectivity index (χ0n) is 11.3. The topological polar surface area (TPSA) is 75.5 Å². The second-order valence-electron chi connectivity index (χ2n) is 4.79. The van der Waals surface area contributed by atoms with Gasteiger partial charge in [-0.05, 0) is 12.1 Å². The van der Waals surface area contributed by atoms with Gasteiger partial charge in [0.15, 0.2) is 6.10 Å². The highest BCUT2D eigenvalue weighted by Gasteiger charge is 2.26. The summed E-state index contributed by atoms with van der Waals surface area (Å²) in [6.45, 7) is 2.19. The van der Waals surface area contributed by atoms with Crippen LogP contribution in [0.25, 0.3) is 10.7 Å². The van der Waals surface area contributed by atoms with E-state index in [1.165, 1.54) is 0 Å². The van der Waals surface area contributed by atoms with Crippen LogP contribution >= 0.6 is 11.3 Å². The summed E-state index contributed by atoms with van der Waals surface area (Å²) >= 11 is 1.55. The highest BCUT2D eigenvalue weighted by Crippen LogP contribution is 2.22. The van der Waals surface area contributed by atoms with Crippen LogP contribution in [-0.4, -0.2) is 51.7 Å². The number of nitrogens with zero attached hydrogens (tertiary/aromatic N) is 3. The lowest BCUT2D eigenvalue weighted by Gasteiger charge is -2.30. The van der Waals surface area contributed by atoms with E-state index in [1.807, 2.05) is 23.6 Å². The van der Waals surface area contributed by atoms with E-state index in [0.29, 0.717) is 19.7 Å². The molecule has 0 amide bonds. The second kappa shape index (κ2) is 6.30. The van der Waals surface area contributed by atoms with Crippen LogP contribution in [0.1, 0.15) is 5.69 Å². The highest BCUT2D eigenvalue weighted by molar-refractivity contribution is 7.13. The molecular formula is C14H15N3O3S. The molecule has 0 spiro atoms. The zero-order chi connectivity index (χ0) is 14.7. The Morgan fingerprint density at radius 1 is 1.52 bits per heavy atom. The number of hydrogen-bond donors (Lipinski definition) is 1. The van der Waals surface area contributed by atoms with E-state index in [2.05, 4.69) is 14.9 Å². The molecule has 2 aromatic rings. The first kappa shape index (κ1) is 14.1. The maximum Gasteiger partial charge on any atom is 0.334 e. The summed E-state index contributed by atoms with van der Waals surface area (Å²) in [6.07, 6.45) is 1.00. The Morgan fingerprint density at radius 3 is 3.19 bits per heavy atom. The minimum absolute atomic E-state index is 0.395. The van der Waals surface area contributed by atoms with Crippen molar-refractivity contribution < 1.29 is 14.6 Å². The zero-order valence-corrected chi connectivity index (χ0v) is 12.1. The molecule has 1 aliphatic rings. The first-order valence-electron chi connectivity index (χ1n) is 6.65. The summed E-state index contributed by atoms with van der Waals surface area (Å²) < 4.78 is 5.21. The van der Waals surface area contributed by atoms with Gasteiger partial charge in [0.1, 0.15) is 5.01 Å². The molecule has 21 heavy (non-hydrogen) atoms. The van der Waals surface area contributed by atoms with Gasteiger partial charge in [0, 0.05) is 31.2 Å². The molecule has 7 heteroatoms. The quantitative estimate of drug-likeness (QED) is 0.922. The fourth-order valence-corrected chi connectivity index (χ4v) is 3.00. The number of rotatable bonds is 4. The molecule has 110 valence electrons. The molecule has 0 aromatic carbocycles. The molecule has 0 bridgehead atoms. The number of aromatic nitrogens is 2. The van der Waals surface area contributed by atoms with Crippen molar-refractivity contribution in [3.05, 3.63) is 35.5 Å². The van der Waals surface area contributed by atoms with Crippen molar-refractivity contribution in [1.82, 2.24) is 14.9 Å². The summed E-state index contributed by atoms with van der Waals surface area (Å²) in [5, 5.41) is 11.9. The van der Waals surface area contributed by atoms with Crippen molar-refractivity contribution in [1.29, 1.82) is 0 Å². The number of thiazole rings is 1. The number of morpholine rings is 1. The Kier molecular flexibility index (Phi) is 4.23. The van der Waals surface area contributed by atoms with E-state index in [4.69, 9.17) is 9.84 Å². The average Bonchev–Trinajstić information content (AvgIpc) is 2.97. The Bertz CT molecular complexity index is 617. The number of carbonyl (C=O) groups is 1. The normalized spacial score (nSPS) is 19.5. The van der Waals surface area contributed by atoms with Gasteiger partial charge in [0.05, 0.1) is 18.0 Å². The van der Waals surface area contributed by atoms with Crippen molar-refractivity contribution in [2.45, 2.75) is 12.6 Å². The molecular weight excluding hydrogens is 290 g/mol. The molecule has 1 unspecified atom stereocenters. The fourth-order valence-electron chi connectivity index (χ4n) is 2.21. The SMILES string of the molecule is O=C(O)C1CN(Cc2csc(-c3ccccn3)n2)CCO1. The van der Waals surface area contributed by atoms with E-state index in [0.717, 1.165) is 22.9 Å². The van der Waals surface area contributed by atoms with Gasteiger partial charge in [-0.1, -0.05) is 6.07 Å². The van der Waals surface area contributed by atoms with Crippen LogP contribution in [0.15, 0.2) is 29.8 Å². The Labute approximate surface area is 126 Å². The van der Waals surface area contributed by atoms with E-state index < -0.39 is 12.1 Å². The molecule has 0 radical (unpaired) electrons. The van der Waals surface area contributed by atoms with Crippen LogP contribution in [0.5, 0.6) is 0 Å². The number of pyridine rings is 1. The van der Waals surface area contributed by atoms with Gasteiger partial charge in [0.2, 0.25) is 0 Å². The van der Waals surface area contributed by atoms with Crippen LogP contribution in [0, 0.1) is 0 Å². The molecule has 1 atom stereocenters. The van der Waals surface area contributed by atoms with Gasteiger partial charge in [-0.15, -0.1) is 11.3 Å². The number of aliphatic carboxylic acids is 1. The largest absolute Gasteiger partial charge is 0.479 e. The standard InChI is InChI=1S/C14H15N3O3S/c18-14(19)12-8-17(5-6-20-12)7-10-9-21-13(16-10)11-3-1-2-4-15-11/h1-4,9,12H,5-8H2,(H,18,19). The molecule has 0 aliphatic carbocycles. The lowest BCUT2D eigenvalue weighted by molar-refractivity contribution is -0.156. The summed E-state index contributed by atoms with van der Waals surface area (Å²) in [5.41, 5.74) is 1.80. The highest BCUT2D eigenvalue weighted by atomic mass is 32.1. The van der Waals surface area contributed by atoms with Crippen molar-refractivity contribution in [3.8, 4) is 10.7 Å². The van der Waals surface area contributed by atoms with Gasteiger partial charge < -0.3 is 9.84 Å². The summed E-state index contributed by atoms with van der Waals surface area (Å²) in [4.78, 5) is 21.9. The van der Waals surface area contributed by atoms with Crippen LogP contribution in [-0.2, 0) is 16.1 Å². The Balaban J connectivity index is 1.66. The Morgan fingerprint density at radius 2 is 2.43 bits per heavy atom. The predicted molar refractivity (Wildman–Crippen MR) is 78.0 cm³/mol. The number of carboxylic acid groups (broad SMARTS) is 1. The molecule has 6 nitrogen and oxygen atoms in total. The van der Waals surface area contributed by atoms with Crippen LogP contribution in [0.4, 0.5) is 0 Å². The molecule has 2 aromatic heterocycles. The maximum absolute atomic E-state index is 11.0. The third-order valence-corrected chi connectivity index (χ3v) is 4.16. The monoisotopic (exact) mass is 305 g/mol. The van der Waals surface area contributed by atoms with Gasteiger partial charge in [-0.25, -0.2) is 9.78 Å². The number of carboxylic acids is 1. The first-order valence-corrected chi connectivity index (χ1v) is 7.53. The third-order valence-electron chi connectivity index (χ3n) is 3.25. The fraction of sp³-hybridized carbons (Fsp3) is 0.357. The molecule has 1 fully saturated rings. The number of hydrogen-bond acceptors (Lipinski definition) is 6. The average molecular weight is 305 g/mol. The summed E-state index contributed by atoms with van der Waals surface area (Å²) in [5.74, 6) is -0.910. The van der Waals surface area contributed by atoms with Gasteiger partial charge in [-0.2, -0.15) is 0 Å². The van der Waals surface area contributed by atoms with Crippen molar-refractivity contribution >= 4 is 17.3 Å². The van der Waals surface area contributed by atoms with Crippen molar-refractivity contribution in [3.63, 3.8) is 0 Å². The van der Waals surface area contributed by atoms with Crippen LogP contribution in [0.3, 0.4) is 0 Å². The molecule has 1 saturated heterocycles. The van der Waals surface area contributed by atoms with E-state index in [-0.39, 0.29) is 0 Å². The predicted octanol–water partition coefficient (Wildman–Crippen LogP) is 1.49.